The van der Waals surface area contributed by atoms with E-state index in [1.165, 1.54) is 22.3 Å². The van der Waals surface area contributed by atoms with Gasteiger partial charge in [0.1, 0.15) is 0 Å². The Morgan fingerprint density at radius 1 is 1.50 bits per heavy atom. The van der Waals surface area contributed by atoms with Gasteiger partial charge in [-0.2, -0.15) is 11.8 Å². The molecule has 0 amide bonds. The van der Waals surface area contributed by atoms with Crippen LogP contribution in [-0.4, -0.2) is 36.1 Å². The van der Waals surface area contributed by atoms with Gasteiger partial charge in [-0.15, -0.1) is 11.3 Å². The third-order valence-corrected chi connectivity index (χ3v) is 4.61. The SMILES string of the molecule is CCNC(C)c1csc(N2CCSCC2)n1. The first-order valence-electron chi connectivity index (χ1n) is 5.82. The minimum absolute atomic E-state index is 0.370. The predicted octanol–water partition coefficient (Wildman–Crippen LogP) is 2.37. The molecule has 1 atom stereocenters. The van der Waals surface area contributed by atoms with E-state index in [1.54, 1.807) is 11.3 Å². The van der Waals surface area contributed by atoms with Crippen molar-refractivity contribution < 1.29 is 0 Å². The topological polar surface area (TPSA) is 28.2 Å². The van der Waals surface area contributed by atoms with Gasteiger partial charge in [0.25, 0.3) is 0 Å². The van der Waals surface area contributed by atoms with Crippen LogP contribution in [0.2, 0.25) is 0 Å². The second-order valence-corrected chi connectivity index (χ2v) is 6.00. The van der Waals surface area contributed by atoms with E-state index < -0.39 is 0 Å². The van der Waals surface area contributed by atoms with Gasteiger partial charge in [0.05, 0.1) is 5.69 Å². The summed E-state index contributed by atoms with van der Waals surface area (Å²) in [5.74, 6) is 2.47. The molecule has 1 aromatic rings. The number of nitrogens with zero attached hydrogens (tertiary/aromatic N) is 2. The Morgan fingerprint density at radius 3 is 2.94 bits per heavy atom. The lowest BCUT2D eigenvalue weighted by Crippen LogP contribution is -2.32. The number of anilines is 1. The van der Waals surface area contributed by atoms with Crippen molar-refractivity contribution in [3.63, 3.8) is 0 Å². The number of rotatable bonds is 4. The van der Waals surface area contributed by atoms with Crippen LogP contribution in [0.1, 0.15) is 25.6 Å². The molecule has 1 aromatic heterocycles. The van der Waals surface area contributed by atoms with Gasteiger partial charge in [-0.1, -0.05) is 6.92 Å². The van der Waals surface area contributed by atoms with Gasteiger partial charge < -0.3 is 10.2 Å². The van der Waals surface area contributed by atoms with E-state index in [1.807, 2.05) is 11.8 Å². The zero-order valence-corrected chi connectivity index (χ0v) is 11.5. The van der Waals surface area contributed by atoms with E-state index >= 15 is 0 Å². The molecule has 1 N–H and O–H groups in total. The van der Waals surface area contributed by atoms with Crippen LogP contribution in [0.15, 0.2) is 5.38 Å². The Labute approximate surface area is 106 Å². The van der Waals surface area contributed by atoms with Crippen LogP contribution >= 0.6 is 23.1 Å². The monoisotopic (exact) mass is 257 g/mol. The number of thioether (sulfide) groups is 1. The summed E-state index contributed by atoms with van der Waals surface area (Å²) in [7, 11) is 0. The molecular formula is C11H19N3S2. The van der Waals surface area contributed by atoms with Gasteiger partial charge in [-0.05, 0) is 13.5 Å². The molecule has 0 aliphatic carbocycles. The van der Waals surface area contributed by atoms with Gasteiger partial charge in [-0.3, -0.25) is 0 Å². The number of nitrogens with one attached hydrogen (secondary N) is 1. The molecule has 1 aliphatic heterocycles. The van der Waals surface area contributed by atoms with Gasteiger partial charge in [0.15, 0.2) is 5.13 Å². The van der Waals surface area contributed by atoms with Crippen LogP contribution in [-0.2, 0) is 0 Å². The summed E-state index contributed by atoms with van der Waals surface area (Å²) in [6.07, 6.45) is 0. The average Bonchev–Trinajstić information content (AvgIpc) is 2.80. The molecule has 0 bridgehead atoms. The molecular weight excluding hydrogens is 238 g/mol. The van der Waals surface area contributed by atoms with Crippen molar-refractivity contribution in [2.24, 2.45) is 0 Å². The molecule has 0 aromatic carbocycles. The molecule has 5 heteroatoms. The van der Waals surface area contributed by atoms with Crippen LogP contribution in [0.5, 0.6) is 0 Å². The van der Waals surface area contributed by atoms with E-state index in [-0.39, 0.29) is 0 Å². The first kappa shape index (κ1) is 12.2. The highest BCUT2D eigenvalue weighted by atomic mass is 32.2. The zero-order valence-electron chi connectivity index (χ0n) is 9.90. The predicted molar refractivity (Wildman–Crippen MR) is 73.7 cm³/mol. The third kappa shape index (κ3) is 2.90. The number of thiazole rings is 1. The lowest BCUT2D eigenvalue weighted by molar-refractivity contribution is 0.586. The fraction of sp³-hybridized carbons (Fsp3) is 0.727. The normalized spacial score (nSPS) is 18.8. The van der Waals surface area contributed by atoms with Gasteiger partial charge in [0.2, 0.25) is 0 Å². The van der Waals surface area contributed by atoms with Gasteiger partial charge >= 0.3 is 0 Å². The fourth-order valence-electron chi connectivity index (χ4n) is 1.79. The average molecular weight is 257 g/mol. The quantitative estimate of drug-likeness (QED) is 0.896. The maximum atomic E-state index is 4.73. The van der Waals surface area contributed by atoms with Crippen LogP contribution in [0.4, 0.5) is 5.13 Å². The highest BCUT2D eigenvalue weighted by Gasteiger charge is 2.16. The first-order chi connectivity index (χ1) is 7.81. The van der Waals surface area contributed by atoms with Crippen LogP contribution in [0, 0.1) is 0 Å². The Balaban J connectivity index is 2.00. The molecule has 3 nitrogen and oxygen atoms in total. The Hall–Kier alpha value is -0.260. The summed E-state index contributed by atoms with van der Waals surface area (Å²) in [4.78, 5) is 7.13. The van der Waals surface area contributed by atoms with Crippen LogP contribution in [0.25, 0.3) is 0 Å². The van der Waals surface area contributed by atoms with E-state index in [2.05, 4.69) is 29.4 Å². The van der Waals surface area contributed by atoms with Crippen molar-refractivity contribution in [1.82, 2.24) is 10.3 Å². The zero-order chi connectivity index (χ0) is 11.4. The van der Waals surface area contributed by atoms with E-state index in [9.17, 15) is 0 Å². The van der Waals surface area contributed by atoms with E-state index in [0.717, 1.165) is 19.6 Å². The largest absolute Gasteiger partial charge is 0.346 e. The summed E-state index contributed by atoms with van der Waals surface area (Å²) < 4.78 is 0. The van der Waals surface area contributed by atoms with Crippen molar-refractivity contribution in [1.29, 1.82) is 0 Å². The minimum Gasteiger partial charge on any atom is -0.346 e. The van der Waals surface area contributed by atoms with Crippen molar-refractivity contribution >= 4 is 28.2 Å². The molecule has 1 aliphatic rings. The summed E-state index contributed by atoms with van der Waals surface area (Å²) in [5, 5.41) is 6.78. The van der Waals surface area contributed by atoms with Crippen LogP contribution in [0.3, 0.4) is 0 Å². The maximum Gasteiger partial charge on any atom is 0.185 e. The maximum absolute atomic E-state index is 4.73. The first-order valence-corrected chi connectivity index (χ1v) is 7.86. The molecule has 2 rings (SSSR count). The van der Waals surface area contributed by atoms with E-state index in [4.69, 9.17) is 4.98 Å². The number of aromatic nitrogens is 1. The Morgan fingerprint density at radius 2 is 2.25 bits per heavy atom. The third-order valence-electron chi connectivity index (χ3n) is 2.75. The summed E-state index contributed by atoms with van der Waals surface area (Å²) in [5.41, 5.74) is 1.18. The molecule has 16 heavy (non-hydrogen) atoms. The van der Waals surface area contributed by atoms with Gasteiger partial charge in [-0.25, -0.2) is 4.98 Å². The van der Waals surface area contributed by atoms with Crippen LogP contribution < -0.4 is 10.2 Å². The molecule has 90 valence electrons. The highest BCUT2D eigenvalue weighted by molar-refractivity contribution is 7.99. The number of hydrogen-bond acceptors (Lipinski definition) is 5. The molecule has 1 saturated heterocycles. The number of hydrogen-bond donors (Lipinski definition) is 1. The molecule has 0 radical (unpaired) electrons. The molecule has 0 spiro atoms. The fourth-order valence-corrected chi connectivity index (χ4v) is 3.66. The second kappa shape index (κ2) is 5.89. The van der Waals surface area contributed by atoms with Crippen molar-refractivity contribution in [3.8, 4) is 0 Å². The smallest absolute Gasteiger partial charge is 0.185 e. The van der Waals surface area contributed by atoms with Crippen molar-refractivity contribution in [3.05, 3.63) is 11.1 Å². The molecule has 1 unspecified atom stereocenters. The van der Waals surface area contributed by atoms with E-state index in [0.29, 0.717) is 6.04 Å². The van der Waals surface area contributed by atoms with Crippen molar-refractivity contribution in [2.45, 2.75) is 19.9 Å². The summed E-state index contributed by atoms with van der Waals surface area (Å²) in [6.45, 7) is 7.59. The Kier molecular flexibility index (Phi) is 4.49. The second-order valence-electron chi connectivity index (χ2n) is 3.93. The molecule has 0 saturated carbocycles. The minimum atomic E-state index is 0.370. The van der Waals surface area contributed by atoms with Gasteiger partial charge in [0, 0.05) is 36.0 Å². The summed E-state index contributed by atoms with van der Waals surface area (Å²) in [6, 6.07) is 0.370. The standard InChI is InChI=1S/C11H19N3S2/c1-3-12-9(2)10-8-16-11(13-10)14-4-6-15-7-5-14/h8-9,12H,3-7H2,1-2H3. The lowest BCUT2D eigenvalue weighted by Gasteiger charge is -2.25. The summed E-state index contributed by atoms with van der Waals surface area (Å²) >= 11 is 3.81. The molecule has 2 heterocycles. The Bertz CT molecular complexity index is 321. The lowest BCUT2D eigenvalue weighted by atomic mass is 10.3. The van der Waals surface area contributed by atoms with Crippen molar-refractivity contribution in [2.75, 3.05) is 36.0 Å². The highest BCUT2D eigenvalue weighted by Crippen LogP contribution is 2.26. The molecule has 1 fully saturated rings.